The van der Waals surface area contributed by atoms with Gasteiger partial charge in [-0.1, -0.05) is 18.2 Å². The summed E-state index contributed by atoms with van der Waals surface area (Å²) in [6.07, 6.45) is 0.820. The van der Waals surface area contributed by atoms with Crippen LogP contribution in [0.25, 0.3) is 0 Å². The minimum Gasteiger partial charge on any atom is -0.342 e. The number of nitrogens with one attached hydrogen (secondary N) is 1. The number of carbonyl (C=O) groups excluding carboxylic acids is 2. The fraction of sp³-hybridized carbons (Fsp3) is 0.333. The van der Waals surface area contributed by atoms with Crippen LogP contribution in [-0.4, -0.2) is 58.3 Å². The molecule has 0 aliphatic carbocycles. The number of carbonyl (C=O) groups is 2. The Kier molecular flexibility index (Phi) is 4.92. The van der Waals surface area contributed by atoms with E-state index >= 15 is 0 Å². The molecule has 0 radical (unpaired) electrons. The Hall–Kier alpha value is -2.96. The molecule has 0 bridgehead atoms. The van der Waals surface area contributed by atoms with Crippen LogP contribution >= 0.6 is 0 Å². The summed E-state index contributed by atoms with van der Waals surface area (Å²) in [5, 5.41) is 3.25. The van der Waals surface area contributed by atoms with Crippen LogP contribution < -0.4 is 5.32 Å². The normalized spacial score (nSPS) is 14.3. The van der Waals surface area contributed by atoms with Crippen molar-refractivity contribution in [2.24, 2.45) is 0 Å². The van der Waals surface area contributed by atoms with Crippen LogP contribution in [0.4, 0.5) is 11.5 Å². The first-order valence-corrected chi connectivity index (χ1v) is 8.24. The zero-order valence-electron chi connectivity index (χ0n) is 14.4. The van der Waals surface area contributed by atoms with Crippen molar-refractivity contribution >= 4 is 23.8 Å². The first-order valence-electron chi connectivity index (χ1n) is 8.24. The summed E-state index contributed by atoms with van der Waals surface area (Å²) in [6, 6.07) is 9.57. The lowest BCUT2D eigenvalue weighted by atomic mass is 10.2. The average Bonchev–Trinajstić information content (AvgIpc) is 2.62. The summed E-state index contributed by atoms with van der Waals surface area (Å²) in [6.45, 7) is 5.91. The summed E-state index contributed by atoms with van der Waals surface area (Å²) in [5.74, 6) is 0.994. The van der Waals surface area contributed by atoms with Crippen molar-refractivity contribution in [2.75, 3.05) is 31.5 Å². The lowest BCUT2D eigenvalue weighted by Gasteiger charge is -2.32. The fourth-order valence-corrected chi connectivity index (χ4v) is 2.78. The molecule has 130 valence electrons. The van der Waals surface area contributed by atoms with Crippen molar-refractivity contribution in [3.05, 3.63) is 47.4 Å². The molecule has 1 saturated heterocycles. The van der Waals surface area contributed by atoms with Crippen molar-refractivity contribution in [1.29, 1.82) is 0 Å². The minimum atomic E-state index is -0.135. The van der Waals surface area contributed by atoms with E-state index in [1.54, 1.807) is 22.8 Å². The molecule has 0 spiro atoms. The van der Waals surface area contributed by atoms with E-state index in [0.717, 1.165) is 17.7 Å². The van der Waals surface area contributed by atoms with E-state index in [1.807, 2.05) is 31.2 Å². The number of anilines is 2. The van der Waals surface area contributed by atoms with Crippen LogP contribution in [0.2, 0.25) is 0 Å². The lowest BCUT2D eigenvalue weighted by molar-refractivity contribution is -0.119. The summed E-state index contributed by atoms with van der Waals surface area (Å²) in [5.41, 5.74) is 2.40. The Morgan fingerprint density at radius 2 is 1.84 bits per heavy atom. The molecular formula is C18H21N5O2. The van der Waals surface area contributed by atoms with Gasteiger partial charge in [0.1, 0.15) is 17.3 Å². The maximum absolute atomic E-state index is 12.7. The largest absolute Gasteiger partial charge is 0.342 e. The Morgan fingerprint density at radius 3 is 2.52 bits per heavy atom. The monoisotopic (exact) mass is 339 g/mol. The van der Waals surface area contributed by atoms with E-state index in [1.165, 1.54) is 0 Å². The molecule has 7 heteroatoms. The summed E-state index contributed by atoms with van der Waals surface area (Å²) < 4.78 is 0. The van der Waals surface area contributed by atoms with E-state index in [0.29, 0.717) is 43.5 Å². The molecule has 2 amide bonds. The molecule has 1 N–H and O–H groups in total. The molecule has 1 aromatic heterocycles. The molecule has 7 nitrogen and oxygen atoms in total. The van der Waals surface area contributed by atoms with Crippen LogP contribution in [0, 0.1) is 13.8 Å². The van der Waals surface area contributed by atoms with E-state index in [-0.39, 0.29) is 5.91 Å². The van der Waals surface area contributed by atoms with Crippen LogP contribution in [0.1, 0.15) is 21.9 Å². The smallest absolute Gasteiger partial charge is 0.272 e. The molecule has 3 rings (SSSR count). The molecule has 2 heterocycles. The second-order valence-corrected chi connectivity index (χ2v) is 6.06. The summed E-state index contributed by atoms with van der Waals surface area (Å²) in [7, 11) is 0. The molecule has 0 saturated carbocycles. The van der Waals surface area contributed by atoms with Gasteiger partial charge in [-0.05, 0) is 25.5 Å². The van der Waals surface area contributed by atoms with Crippen molar-refractivity contribution < 1.29 is 9.59 Å². The second-order valence-electron chi connectivity index (χ2n) is 6.06. The number of amides is 2. The first kappa shape index (κ1) is 16.9. The van der Waals surface area contributed by atoms with Gasteiger partial charge in [-0.25, -0.2) is 9.97 Å². The van der Waals surface area contributed by atoms with Gasteiger partial charge in [0.15, 0.2) is 0 Å². The zero-order chi connectivity index (χ0) is 17.8. The Bertz CT molecular complexity index is 785. The highest BCUT2D eigenvalue weighted by molar-refractivity contribution is 5.93. The predicted octanol–water partition coefficient (Wildman–Crippen LogP) is 1.75. The van der Waals surface area contributed by atoms with Crippen molar-refractivity contribution in [1.82, 2.24) is 19.8 Å². The number of rotatable bonds is 4. The average molecular weight is 339 g/mol. The number of benzene rings is 1. The maximum atomic E-state index is 12.7. The van der Waals surface area contributed by atoms with Crippen LogP contribution in [0.5, 0.6) is 0 Å². The molecular weight excluding hydrogens is 318 g/mol. The third-order valence-corrected chi connectivity index (χ3v) is 4.22. The Labute approximate surface area is 146 Å². The molecule has 1 aliphatic rings. The van der Waals surface area contributed by atoms with Gasteiger partial charge in [0, 0.05) is 37.9 Å². The van der Waals surface area contributed by atoms with Crippen LogP contribution in [0.3, 0.4) is 0 Å². The highest BCUT2D eigenvalue weighted by atomic mass is 16.2. The van der Waals surface area contributed by atoms with E-state index < -0.39 is 0 Å². The Morgan fingerprint density at radius 1 is 1.12 bits per heavy atom. The van der Waals surface area contributed by atoms with Gasteiger partial charge in [0.2, 0.25) is 6.41 Å². The minimum absolute atomic E-state index is 0.135. The number of para-hydroxylation sites is 1. The number of hydrogen-bond donors (Lipinski definition) is 1. The van der Waals surface area contributed by atoms with Crippen molar-refractivity contribution in [3.63, 3.8) is 0 Å². The summed E-state index contributed by atoms with van der Waals surface area (Å²) >= 11 is 0. The highest BCUT2D eigenvalue weighted by Gasteiger charge is 2.23. The summed E-state index contributed by atoms with van der Waals surface area (Å²) in [4.78, 5) is 35.6. The van der Waals surface area contributed by atoms with Gasteiger partial charge in [-0.3, -0.25) is 9.59 Å². The molecule has 25 heavy (non-hydrogen) atoms. The van der Waals surface area contributed by atoms with E-state index in [9.17, 15) is 9.59 Å². The van der Waals surface area contributed by atoms with Gasteiger partial charge in [-0.15, -0.1) is 0 Å². The van der Waals surface area contributed by atoms with Crippen molar-refractivity contribution in [3.8, 4) is 0 Å². The number of nitrogens with zero attached hydrogens (tertiary/aromatic N) is 4. The first-order chi connectivity index (χ1) is 12.1. The van der Waals surface area contributed by atoms with Crippen LogP contribution in [0.15, 0.2) is 30.3 Å². The molecule has 1 aliphatic heterocycles. The van der Waals surface area contributed by atoms with Gasteiger partial charge < -0.3 is 15.1 Å². The number of aryl methyl sites for hydroxylation is 2. The van der Waals surface area contributed by atoms with E-state index in [2.05, 4.69) is 15.3 Å². The second kappa shape index (κ2) is 7.29. The quantitative estimate of drug-likeness (QED) is 0.859. The third kappa shape index (κ3) is 3.93. The Balaban J connectivity index is 1.78. The van der Waals surface area contributed by atoms with Gasteiger partial charge in [0.25, 0.3) is 5.91 Å². The molecule has 0 atom stereocenters. The standard InChI is InChI=1S/C18H21N5O2/c1-13-5-3-4-6-15(13)21-17-11-16(19-14(2)20-17)18(25)23-9-7-22(12-24)8-10-23/h3-6,11-12H,7-10H2,1-2H3,(H,19,20,21). The SMILES string of the molecule is Cc1nc(Nc2ccccc2C)cc(C(=O)N2CCN(C=O)CC2)n1. The zero-order valence-corrected chi connectivity index (χ0v) is 14.4. The molecule has 2 aromatic rings. The predicted molar refractivity (Wildman–Crippen MR) is 94.8 cm³/mol. The third-order valence-electron chi connectivity index (χ3n) is 4.22. The van der Waals surface area contributed by atoms with Gasteiger partial charge in [-0.2, -0.15) is 0 Å². The number of piperazine rings is 1. The molecule has 1 aromatic carbocycles. The molecule has 1 fully saturated rings. The number of hydrogen-bond acceptors (Lipinski definition) is 5. The topological polar surface area (TPSA) is 78.4 Å². The maximum Gasteiger partial charge on any atom is 0.272 e. The highest BCUT2D eigenvalue weighted by Crippen LogP contribution is 2.19. The number of aromatic nitrogens is 2. The van der Waals surface area contributed by atoms with Gasteiger partial charge >= 0.3 is 0 Å². The van der Waals surface area contributed by atoms with E-state index in [4.69, 9.17) is 0 Å². The fourth-order valence-electron chi connectivity index (χ4n) is 2.78. The van der Waals surface area contributed by atoms with Gasteiger partial charge in [0.05, 0.1) is 0 Å². The molecule has 0 unspecified atom stereocenters. The van der Waals surface area contributed by atoms with Crippen molar-refractivity contribution in [2.45, 2.75) is 13.8 Å². The van der Waals surface area contributed by atoms with Crippen LogP contribution in [-0.2, 0) is 4.79 Å². The lowest BCUT2D eigenvalue weighted by Crippen LogP contribution is -2.48.